The Balaban J connectivity index is 0.000000810. The maximum absolute atomic E-state index is 10.1. The fourth-order valence-electron chi connectivity index (χ4n) is 0.336. The van der Waals surface area contributed by atoms with E-state index in [4.69, 9.17) is 10.2 Å². The molecule has 0 aliphatic heterocycles. The van der Waals surface area contributed by atoms with Gasteiger partial charge in [-0.05, 0) is 0 Å². The summed E-state index contributed by atoms with van der Waals surface area (Å²) in [6, 6.07) is -2.50. The van der Waals surface area contributed by atoms with Crippen LogP contribution in [0.3, 0.4) is 0 Å². The monoisotopic (exact) mass is 213 g/mol. The summed E-state index contributed by atoms with van der Waals surface area (Å²) in [5.41, 5.74) is 0. The van der Waals surface area contributed by atoms with Crippen LogP contribution in [0.2, 0.25) is 0 Å². The molecule has 6 nitrogen and oxygen atoms in total. The summed E-state index contributed by atoms with van der Waals surface area (Å²) in [7, 11) is 0. The van der Waals surface area contributed by atoms with Crippen LogP contribution in [-0.2, 0) is 0 Å². The third kappa shape index (κ3) is 2.87. The van der Waals surface area contributed by atoms with Crippen LogP contribution in [0.1, 0.15) is 0 Å². The summed E-state index contributed by atoms with van der Waals surface area (Å²) in [5.74, 6) is 0. The van der Waals surface area contributed by atoms with Crippen LogP contribution in [0, 0.1) is 0 Å². The first kappa shape index (κ1) is 10.2. The van der Waals surface area contributed by atoms with Gasteiger partial charge in [-0.15, -0.1) is 4.98 Å². The smallest absolute Gasteiger partial charge is 0.844 e. The normalized spacial score (nSPS) is 8.40. The van der Waals surface area contributed by atoms with Crippen molar-refractivity contribution in [2.24, 2.45) is 0 Å². The van der Waals surface area contributed by atoms with Gasteiger partial charge in [0.1, 0.15) is 0 Å². The van der Waals surface area contributed by atoms with Crippen molar-refractivity contribution in [3.8, 4) is 18.0 Å². The van der Waals surface area contributed by atoms with E-state index in [2.05, 4.69) is 15.0 Å². The maximum atomic E-state index is 10.1. The van der Waals surface area contributed by atoms with Crippen molar-refractivity contribution in [3.63, 3.8) is 0 Å². The molecule has 0 bridgehead atoms. The van der Waals surface area contributed by atoms with E-state index >= 15 is 0 Å². The molecule has 10 heavy (non-hydrogen) atoms. The molecule has 0 radical (unpaired) electrons. The van der Waals surface area contributed by atoms with E-state index in [1.807, 2.05) is 0 Å². The zero-order chi connectivity index (χ0) is 6.85. The summed E-state index contributed by atoms with van der Waals surface area (Å²) < 4.78 is 0. The van der Waals surface area contributed by atoms with Crippen LogP contribution >= 0.6 is 0 Å². The number of rotatable bonds is 0. The molecule has 0 saturated heterocycles. The van der Waals surface area contributed by atoms with Crippen LogP contribution in [-0.4, -0.2) is 25.2 Å². The largest absolute Gasteiger partial charge is 1.00 e. The second-order valence-corrected chi connectivity index (χ2v) is 1.22. The second kappa shape index (κ2) is 4.17. The molecule has 0 unspecified atom stereocenters. The van der Waals surface area contributed by atoms with Gasteiger partial charge in [0.15, 0.2) is 0 Å². The van der Waals surface area contributed by atoms with Crippen molar-refractivity contribution in [1.29, 1.82) is 0 Å². The molecule has 0 aromatic carbocycles. The molecule has 0 atom stereocenters. The predicted molar refractivity (Wildman–Crippen MR) is 22.6 cm³/mol. The molecule has 0 aliphatic rings. The Morgan fingerprint density at radius 1 is 1.00 bits per heavy atom. The molecule has 0 saturated carbocycles. The minimum absolute atomic E-state index is 0. The fourth-order valence-corrected chi connectivity index (χ4v) is 0.336. The van der Waals surface area contributed by atoms with E-state index in [0.29, 0.717) is 0 Å². The van der Waals surface area contributed by atoms with Gasteiger partial charge in [0.05, 0.1) is 6.01 Å². The molecule has 0 aliphatic carbocycles. The molecule has 1 heterocycles. The van der Waals surface area contributed by atoms with Crippen molar-refractivity contribution in [1.82, 2.24) is 15.0 Å². The summed E-state index contributed by atoms with van der Waals surface area (Å²) >= 11 is 0. The molecular weight excluding hydrogens is 212 g/mol. The number of nitrogens with zero attached hydrogens (tertiary/aromatic N) is 3. The van der Waals surface area contributed by atoms with E-state index < -0.39 is 18.0 Å². The average Bonchev–Trinajstić information content (AvgIpc) is 1.59. The van der Waals surface area contributed by atoms with E-state index in [1.165, 1.54) is 0 Å². The Morgan fingerprint density at radius 3 is 1.70 bits per heavy atom. The standard InChI is InChI=1S/C3H3N3O3.Rb/c7-1-4-2(8)6-3(9)5-1;/h(H3,4,5,6,7,8,9);/q;+1/p-1. The number of hydrogen-bond donors (Lipinski definition) is 2. The van der Waals surface area contributed by atoms with Gasteiger partial charge >= 0.3 is 70.2 Å². The molecule has 1 rings (SSSR count). The van der Waals surface area contributed by atoms with Gasteiger partial charge in [0, 0.05) is 0 Å². The Morgan fingerprint density at radius 2 is 1.40 bits per heavy atom. The summed E-state index contributed by atoms with van der Waals surface area (Å²) in [6.45, 7) is 0. The zero-order valence-electron chi connectivity index (χ0n) is 5.14. The minimum atomic E-state index is -0.958. The summed E-state index contributed by atoms with van der Waals surface area (Å²) in [4.78, 5) is 8.63. The molecule has 1 aromatic heterocycles. The van der Waals surface area contributed by atoms with Crippen LogP contribution in [0.4, 0.5) is 0 Å². The van der Waals surface area contributed by atoms with Crippen molar-refractivity contribution in [3.05, 3.63) is 0 Å². The Labute approximate surface area is 105 Å². The molecule has 0 fully saturated rings. The number of aromatic nitrogens is 3. The average molecular weight is 214 g/mol. The fraction of sp³-hybridized carbons (Fsp3) is 0. The molecule has 7 heteroatoms. The first-order chi connectivity index (χ1) is 4.18. The van der Waals surface area contributed by atoms with Crippen molar-refractivity contribution < 1.29 is 73.5 Å². The van der Waals surface area contributed by atoms with E-state index in [1.54, 1.807) is 0 Å². The van der Waals surface area contributed by atoms with Crippen molar-refractivity contribution >= 4 is 0 Å². The third-order valence-corrected chi connectivity index (χ3v) is 0.591. The Bertz CT molecular complexity index is 180. The van der Waals surface area contributed by atoms with Crippen molar-refractivity contribution in [2.75, 3.05) is 0 Å². The second-order valence-electron chi connectivity index (χ2n) is 1.22. The Hall–Kier alpha value is 0.215. The van der Waals surface area contributed by atoms with Crippen LogP contribution < -0.4 is 63.3 Å². The molecule has 1 aromatic rings. The number of aromatic hydroxyl groups is 2. The molecule has 2 N–H and O–H groups in total. The van der Waals surface area contributed by atoms with Gasteiger partial charge in [-0.25, -0.2) is 0 Å². The molecular formula is C3H2N3O3Rb. The minimum Gasteiger partial charge on any atom is -0.844 e. The summed E-state index contributed by atoms with van der Waals surface area (Å²) in [5, 5.41) is 26.9. The zero-order valence-corrected chi connectivity index (χ0v) is 10.1. The first-order valence-corrected chi connectivity index (χ1v) is 1.99. The van der Waals surface area contributed by atoms with Gasteiger partial charge in [0.25, 0.3) is 0 Å². The van der Waals surface area contributed by atoms with E-state index in [-0.39, 0.29) is 58.2 Å². The van der Waals surface area contributed by atoms with Crippen LogP contribution in [0.25, 0.3) is 0 Å². The van der Waals surface area contributed by atoms with Gasteiger partial charge in [-0.3, -0.25) is 0 Å². The SMILES string of the molecule is [O-]c1nc(O)nc(O)n1.[Rb+]. The maximum Gasteiger partial charge on any atom is 1.00 e. The predicted octanol–water partition coefficient (Wildman–Crippen LogP) is -4.64. The summed E-state index contributed by atoms with van der Waals surface area (Å²) in [6.07, 6.45) is 0. The van der Waals surface area contributed by atoms with Crippen LogP contribution in [0.15, 0.2) is 0 Å². The number of hydrogen-bond acceptors (Lipinski definition) is 6. The molecule has 0 amide bonds. The van der Waals surface area contributed by atoms with Crippen LogP contribution in [0.5, 0.6) is 18.0 Å². The van der Waals surface area contributed by atoms with E-state index in [0.717, 1.165) is 0 Å². The van der Waals surface area contributed by atoms with Crippen molar-refractivity contribution in [2.45, 2.75) is 0 Å². The molecule has 48 valence electrons. The van der Waals surface area contributed by atoms with Gasteiger partial charge in [-0.2, -0.15) is 9.97 Å². The Kier molecular flexibility index (Phi) is 4.26. The molecule has 0 spiro atoms. The quantitative estimate of drug-likeness (QED) is 0.449. The van der Waals surface area contributed by atoms with Gasteiger partial charge in [0.2, 0.25) is 0 Å². The first-order valence-electron chi connectivity index (χ1n) is 1.99. The topological polar surface area (TPSA) is 102 Å². The van der Waals surface area contributed by atoms with E-state index in [9.17, 15) is 5.11 Å². The van der Waals surface area contributed by atoms with Gasteiger partial charge in [-0.1, -0.05) is 0 Å². The third-order valence-electron chi connectivity index (χ3n) is 0.591. The van der Waals surface area contributed by atoms with Gasteiger partial charge < -0.3 is 15.3 Å².